The first-order valence-corrected chi connectivity index (χ1v) is 12.7. The summed E-state index contributed by atoms with van der Waals surface area (Å²) in [7, 11) is 3.18. The molecule has 186 valence electrons. The topological polar surface area (TPSA) is 107 Å². The molecule has 0 amide bonds. The van der Waals surface area contributed by atoms with Gasteiger partial charge in [-0.15, -0.1) is 11.8 Å². The third-order valence-electron chi connectivity index (χ3n) is 6.15. The molecule has 0 spiro atoms. The summed E-state index contributed by atoms with van der Waals surface area (Å²) in [5.41, 5.74) is 2.65. The van der Waals surface area contributed by atoms with Crippen molar-refractivity contribution in [2.75, 3.05) is 19.9 Å². The number of ether oxygens (including phenoxy) is 1. The number of aryl methyl sites for hydroxylation is 1. The van der Waals surface area contributed by atoms with Gasteiger partial charge < -0.3 is 23.7 Å². The third-order valence-corrected chi connectivity index (χ3v) is 7.28. The number of thioether (sulfide) groups is 1. The number of methoxy groups -OCH3 is 1. The van der Waals surface area contributed by atoms with Gasteiger partial charge >= 0.3 is 5.97 Å². The Morgan fingerprint density at radius 1 is 1.34 bits per heavy atom. The van der Waals surface area contributed by atoms with Crippen molar-refractivity contribution in [2.45, 2.75) is 56.9 Å². The van der Waals surface area contributed by atoms with Gasteiger partial charge in [-0.3, -0.25) is 0 Å². The van der Waals surface area contributed by atoms with E-state index in [4.69, 9.17) is 18.6 Å². The number of benzene rings is 1. The first-order chi connectivity index (χ1) is 16.8. The van der Waals surface area contributed by atoms with Gasteiger partial charge in [-0.1, -0.05) is 32.9 Å². The van der Waals surface area contributed by atoms with Crippen LogP contribution >= 0.6 is 11.8 Å². The van der Waals surface area contributed by atoms with Gasteiger partial charge in [-0.25, -0.2) is 14.8 Å². The quantitative estimate of drug-likeness (QED) is 0.332. The zero-order valence-electron chi connectivity index (χ0n) is 20.7. The van der Waals surface area contributed by atoms with Crippen LogP contribution in [0.3, 0.4) is 0 Å². The largest absolute Gasteiger partial charge is 0.464 e. The minimum absolute atomic E-state index is 0.0652. The summed E-state index contributed by atoms with van der Waals surface area (Å²) >= 11 is 1.81. The van der Waals surface area contributed by atoms with Crippen LogP contribution < -0.4 is 5.32 Å². The highest BCUT2D eigenvalue weighted by molar-refractivity contribution is 7.99. The molecule has 0 radical (unpaired) electrons. The Kier molecular flexibility index (Phi) is 7.47. The van der Waals surface area contributed by atoms with Crippen LogP contribution in [0.4, 0.5) is 0 Å². The number of aromatic nitrogens is 2. The number of carbonyl (C=O) groups is 2. The lowest BCUT2D eigenvalue weighted by molar-refractivity contribution is -0.107. The van der Waals surface area contributed by atoms with E-state index in [1.54, 1.807) is 0 Å². The summed E-state index contributed by atoms with van der Waals surface area (Å²) in [5.74, 6) is 1.71. The number of nitrogens with zero attached hydrogens (tertiary/aromatic N) is 2. The molecule has 0 saturated carbocycles. The molecule has 4 rings (SSSR count). The molecule has 2 unspecified atom stereocenters. The van der Waals surface area contributed by atoms with Crippen LogP contribution in [0, 0.1) is 5.41 Å². The van der Waals surface area contributed by atoms with Crippen molar-refractivity contribution >= 4 is 24.0 Å². The number of hydrogen-bond acceptors (Lipinski definition) is 9. The van der Waals surface area contributed by atoms with Gasteiger partial charge in [-0.2, -0.15) is 0 Å². The first kappa shape index (κ1) is 25.2. The smallest absolute Gasteiger partial charge is 0.360 e. The Hall–Kier alpha value is -2.91. The number of nitrogens with one attached hydrogen (secondary N) is 1. The molecule has 1 N–H and O–H groups in total. The lowest BCUT2D eigenvalue weighted by Crippen LogP contribution is -2.29. The van der Waals surface area contributed by atoms with Crippen LogP contribution in [0.25, 0.3) is 11.6 Å². The molecule has 35 heavy (non-hydrogen) atoms. The van der Waals surface area contributed by atoms with Gasteiger partial charge in [0.15, 0.2) is 11.4 Å². The Bertz CT molecular complexity index is 1210. The normalized spacial score (nSPS) is 16.5. The van der Waals surface area contributed by atoms with Crippen molar-refractivity contribution in [3.63, 3.8) is 0 Å². The molecule has 9 heteroatoms. The number of rotatable bonds is 8. The number of oxazole rings is 2. The van der Waals surface area contributed by atoms with Crippen molar-refractivity contribution in [1.82, 2.24) is 15.3 Å². The fourth-order valence-electron chi connectivity index (χ4n) is 4.47. The van der Waals surface area contributed by atoms with E-state index in [9.17, 15) is 9.59 Å². The summed E-state index contributed by atoms with van der Waals surface area (Å²) in [6, 6.07) is 6.21. The summed E-state index contributed by atoms with van der Waals surface area (Å²) in [6.45, 7) is 6.35. The second-order valence-corrected chi connectivity index (χ2v) is 10.8. The van der Waals surface area contributed by atoms with Crippen LogP contribution in [0.5, 0.6) is 0 Å². The lowest BCUT2D eigenvalue weighted by Gasteiger charge is -2.28. The number of aldehydes is 1. The fraction of sp³-hybridized carbons (Fsp3) is 0.462. The maximum absolute atomic E-state index is 12.0. The molecule has 3 aromatic rings. The predicted octanol–water partition coefficient (Wildman–Crippen LogP) is 5.18. The standard InChI is InChI=1S/C26H31N3O5S/c1-26(2,3)22(27-4)24-29-20(23-28-18(14-33-23)25(31)32-5)21(34-24)16-10-12-35-19-9-8-15(7-6-11-30)13-17(16)19/h8-9,11,13-14,16,22,27H,6-7,10,12H2,1-5H3. The van der Waals surface area contributed by atoms with E-state index in [0.29, 0.717) is 30.2 Å². The van der Waals surface area contributed by atoms with Crippen molar-refractivity contribution in [3.05, 3.63) is 52.9 Å². The molecule has 0 bridgehead atoms. The van der Waals surface area contributed by atoms with Crippen molar-refractivity contribution in [3.8, 4) is 11.6 Å². The Labute approximate surface area is 209 Å². The Morgan fingerprint density at radius 3 is 2.83 bits per heavy atom. The summed E-state index contributed by atoms with van der Waals surface area (Å²) in [5, 5.41) is 3.32. The maximum Gasteiger partial charge on any atom is 0.360 e. The van der Waals surface area contributed by atoms with Gasteiger partial charge in [0.1, 0.15) is 18.3 Å². The SMILES string of the molecule is CNC(c1nc(-c2nc(C(=O)OC)co2)c(C2CCSc3ccc(CCC=O)cc32)o1)C(C)(C)C. The summed E-state index contributed by atoms with van der Waals surface area (Å²) < 4.78 is 17.0. The van der Waals surface area contributed by atoms with Crippen LogP contribution in [0.2, 0.25) is 0 Å². The molecule has 1 aliphatic heterocycles. The van der Waals surface area contributed by atoms with Gasteiger partial charge in [-0.05, 0) is 48.3 Å². The van der Waals surface area contributed by atoms with Crippen molar-refractivity contribution in [1.29, 1.82) is 0 Å². The van der Waals surface area contributed by atoms with Gasteiger partial charge in [0.05, 0.1) is 13.2 Å². The predicted molar refractivity (Wildman–Crippen MR) is 133 cm³/mol. The molecule has 2 atom stereocenters. The number of esters is 1. The van der Waals surface area contributed by atoms with E-state index >= 15 is 0 Å². The molecule has 0 fully saturated rings. The molecule has 0 saturated heterocycles. The van der Waals surface area contributed by atoms with Crippen LogP contribution in [-0.4, -0.2) is 42.1 Å². The monoisotopic (exact) mass is 497 g/mol. The first-order valence-electron chi connectivity index (χ1n) is 11.7. The van der Waals surface area contributed by atoms with Crippen LogP contribution in [0.15, 0.2) is 38.2 Å². The molecular formula is C26H31N3O5S. The van der Waals surface area contributed by atoms with E-state index in [1.165, 1.54) is 18.3 Å². The van der Waals surface area contributed by atoms with Gasteiger partial charge in [0, 0.05) is 17.2 Å². The van der Waals surface area contributed by atoms with E-state index < -0.39 is 5.97 Å². The number of carbonyl (C=O) groups excluding carboxylic acids is 2. The summed E-state index contributed by atoms with van der Waals surface area (Å²) in [6.07, 6.45) is 4.24. The van der Waals surface area contributed by atoms with Gasteiger partial charge in [0.25, 0.3) is 0 Å². The van der Waals surface area contributed by atoms with Crippen LogP contribution in [-0.2, 0) is 16.0 Å². The van der Waals surface area contributed by atoms with Crippen molar-refractivity contribution < 1.29 is 23.2 Å². The number of fused-ring (bicyclic) bond motifs is 1. The van der Waals surface area contributed by atoms with E-state index in [1.807, 2.05) is 18.8 Å². The van der Waals surface area contributed by atoms with Crippen LogP contribution in [0.1, 0.15) is 78.8 Å². The zero-order valence-corrected chi connectivity index (χ0v) is 21.5. The Balaban J connectivity index is 1.85. The van der Waals surface area contributed by atoms with E-state index in [-0.39, 0.29) is 29.0 Å². The van der Waals surface area contributed by atoms with Gasteiger partial charge in [0.2, 0.25) is 11.8 Å². The average molecular weight is 498 g/mol. The fourth-order valence-corrected chi connectivity index (χ4v) is 5.57. The highest BCUT2D eigenvalue weighted by Gasteiger charge is 2.36. The average Bonchev–Trinajstić information content (AvgIpc) is 3.49. The van der Waals surface area contributed by atoms with Crippen molar-refractivity contribution in [2.24, 2.45) is 5.41 Å². The molecule has 2 aromatic heterocycles. The summed E-state index contributed by atoms with van der Waals surface area (Å²) in [4.78, 5) is 33.3. The zero-order chi connectivity index (χ0) is 25.2. The molecule has 1 aromatic carbocycles. The second kappa shape index (κ2) is 10.4. The minimum atomic E-state index is -0.577. The highest BCUT2D eigenvalue weighted by atomic mass is 32.2. The Morgan fingerprint density at radius 2 is 2.14 bits per heavy atom. The molecule has 0 aliphatic carbocycles. The minimum Gasteiger partial charge on any atom is -0.464 e. The van der Waals surface area contributed by atoms with E-state index in [2.05, 4.69) is 49.3 Å². The highest BCUT2D eigenvalue weighted by Crippen LogP contribution is 2.46. The maximum atomic E-state index is 12.0. The third kappa shape index (κ3) is 5.21. The molecule has 3 heterocycles. The second-order valence-electron chi connectivity index (χ2n) is 9.65. The lowest BCUT2D eigenvalue weighted by atomic mass is 9.87. The molecule has 1 aliphatic rings. The van der Waals surface area contributed by atoms with E-state index in [0.717, 1.165) is 29.6 Å². The molecular weight excluding hydrogens is 466 g/mol. The number of hydrogen-bond donors (Lipinski definition) is 1. The molecule has 8 nitrogen and oxygen atoms in total.